The molecule has 0 unspecified atom stereocenters. The molecule has 34 heavy (non-hydrogen) atoms. The molecule has 0 radical (unpaired) electrons. The second-order valence-electron chi connectivity index (χ2n) is 8.71. The second kappa shape index (κ2) is 8.30. The van der Waals surface area contributed by atoms with Gasteiger partial charge in [-0.1, -0.05) is 133 Å². The van der Waals surface area contributed by atoms with Gasteiger partial charge in [-0.25, -0.2) is 0 Å². The number of benzene rings is 6. The molecule has 1 heteroatoms. The highest BCUT2D eigenvalue weighted by atomic mass is 16.3. The molecule has 6 aromatic rings. The molecule has 0 saturated carbocycles. The maximum absolute atomic E-state index is 12.6. The van der Waals surface area contributed by atoms with Crippen molar-refractivity contribution in [1.82, 2.24) is 0 Å². The van der Waals surface area contributed by atoms with E-state index in [2.05, 4.69) is 78.9 Å². The standard InChI is InChI=1S/C33H24O/c34-33(28-14-3-1-4-15-28,29-16-5-2-6-17-29)31-22-21-25-12-9-10-18-30(25)32(31)27-20-19-24-11-7-8-13-26(24)23-27/h1-23,34H. The molecule has 1 nitrogen and oxygen atoms in total. The van der Waals surface area contributed by atoms with Gasteiger partial charge in [0.2, 0.25) is 0 Å². The van der Waals surface area contributed by atoms with Crippen LogP contribution in [-0.2, 0) is 5.60 Å². The predicted octanol–water partition coefficient (Wildman–Crippen LogP) is 7.94. The average molecular weight is 437 g/mol. The number of rotatable bonds is 4. The van der Waals surface area contributed by atoms with Crippen LogP contribution in [0, 0.1) is 0 Å². The SMILES string of the molecule is OC(c1ccccc1)(c1ccccc1)c1ccc2ccccc2c1-c1ccc2ccccc2c1. The summed E-state index contributed by atoms with van der Waals surface area (Å²) in [5.41, 5.74) is 3.40. The molecule has 0 amide bonds. The average Bonchev–Trinajstić information content (AvgIpc) is 2.92. The summed E-state index contributed by atoms with van der Waals surface area (Å²) in [6.45, 7) is 0. The van der Waals surface area contributed by atoms with Gasteiger partial charge in [-0.2, -0.15) is 0 Å². The number of hydrogen-bond donors (Lipinski definition) is 1. The van der Waals surface area contributed by atoms with Crippen LogP contribution in [0.4, 0.5) is 0 Å². The zero-order valence-electron chi connectivity index (χ0n) is 18.7. The third kappa shape index (κ3) is 3.30. The van der Waals surface area contributed by atoms with E-state index in [-0.39, 0.29) is 0 Å². The molecule has 0 bridgehead atoms. The van der Waals surface area contributed by atoms with Crippen molar-refractivity contribution in [2.24, 2.45) is 0 Å². The summed E-state index contributed by atoms with van der Waals surface area (Å²) >= 11 is 0. The number of aliphatic hydroxyl groups is 1. The van der Waals surface area contributed by atoms with E-state index < -0.39 is 5.60 Å². The predicted molar refractivity (Wildman–Crippen MR) is 142 cm³/mol. The monoisotopic (exact) mass is 436 g/mol. The van der Waals surface area contributed by atoms with E-state index in [9.17, 15) is 5.11 Å². The van der Waals surface area contributed by atoms with Crippen LogP contribution in [0.3, 0.4) is 0 Å². The first-order valence-corrected chi connectivity index (χ1v) is 11.6. The van der Waals surface area contributed by atoms with E-state index in [4.69, 9.17) is 0 Å². The Morgan fingerprint density at radius 3 is 1.65 bits per heavy atom. The van der Waals surface area contributed by atoms with Crippen LogP contribution in [0.5, 0.6) is 0 Å². The van der Waals surface area contributed by atoms with E-state index >= 15 is 0 Å². The van der Waals surface area contributed by atoms with Crippen molar-refractivity contribution in [3.63, 3.8) is 0 Å². The minimum atomic E-state index is -1.31. The van der Waals surface area contributed by atoms with Crippen molar-refractivity contribution in [3.8, 4) is 11.1 Å². The lowest BCUT2D eigenvalue weighted by Gasteiger charge is -2.33. The van der Waals surface area contributed by atoms with Crippen molar-refractivity contribution in [2.75, 3.05) is 0 Å². The molecule has 0 aromatic heterocycles. The van der Waals surface area contributed by atoms with Crippen molar-refractivity contribution in [2.45, 2.75) is 5.60 Å². The lowest BCUT2D eigenvalue weighted by molar-refractivity contribution is 0.126. The van der Waals surface area contributed by atoms with Crippen LogP contribution in [0.15, 0.2) is 140 Å². The molecule has 1 N–H and O–H groups in total. The normalized spacial score (nSPS) is 11.7. The minimum absolute atomic E-state index is 0.846. The van der Waals surface area contributed by atoms with Gasteiger partial charge in [-0.05, 0) is 49.9 Å². The van der Waals surface area contributed by atoms with Crippen molar-refractivity contribution >= 4 is 21.5 Å². The van der Waals surface area contributed by atoms with Crippen LogP contribution in [0.2, 0.25) is 0 Å². The quantitative estimate of drug-likeness (QED) is 0.278. The Morgan fingerprint density at radius 2 is 0.971 bits per heavy atom. The summed E-state index contributed by atoms with van der Waals surface area (Å²) in [6.07, 6.45) is 0. The first-order chi connectivity index (χ1) is 16.7. The molecule has 162 valence electrons. The molecule has 0 spiro atoms. The Bertz CT molecular complexity index is 1560. The maximum atomic E-state index is 12.6. The van der Waals surface area contributed by atoms with E-state index in [1.54, 1.807) is 0 Å². The fourth-order valence-electron chi connectivity index (χ4n) is 5.07. The van der Waals surface area contributed by atoms with E-state index in [0.29, 0.717) is 0 Å². The van der Waals surface area contributed by atoms with E-state index in [0.717, 1.165) is 38.6 Å². The zero-order valence-corrected chi connectivity index (χ0v) is 18.7. The topological polar surface area (TPSA) is 20.2 Å². The lowest BCUT2D eigenvalue weighted by Crippen LogP contribution is -2.29. The van der Waals surface area contributed by atoms with Crippen LogP contribution in [0.25, 0.3) is 32.7 Å². The van der Waals surface area contributed by atoms with Gasteiger partial charge in [0.1, 0.15) is 5.60 Å². The highest BCUT2D eigenvalue weighted by Crippen LogP contribution is 2.44. The highest BCUT2D eigenvalue weighted by Gasteiger charge is 2.36. The van der Waals surface area contributed by atoms with Crippen LogP contribution in [0.1, 0.15) is 16.7 Å². The number of fused-ring (bicyclic) bond motifs is 2. The van der Waals surface area contributed by atoms with Gasteiger partial charge in [0.05, 0.1) is 0 Å². The fraction of sp³-hybridized carbons (Fsp3) is 0.0303. The summed E-state index contributed by atoms with van der Waals surface area (Å²) < 4.78 is 0. The lowest BCUT2D eigenvalue weighted by atomic mass is 9.76. The van der Waals surface area contributed by atoms with Gasteiger partial charge in [0.25, 0.3) is 0 Å². The smallest absolute Gasteiger partial charge is 0.141 e. The van der Waals surface area contributed by atoms with Crippen LogP contribution < -0.4 is 0 Å². The van der Waals surface area contributed by atoms with Crippen LogP contribution >= 0.6 is 0 Å². The first-order valence-electron chi connectivity index (χ1n) is 11.6. The summed E-state index contributed by atoms with van der Waals surface area (Å²) in [5.74, 6) is 0. The van der Waals surface area contributed by atoms with Crippen molar-refractivity contribution in [1.29, 1.82) is 0 Å². The number of hydrogen-bond acceptors (Lipinski definition) is 1. The maximum Gasteiger partial charge on any atom is 0.141 e. The minimum Gasteiger partial charge on any atom is -0.376 e. The largest absolute Gasteiger partial charge is 0.376 e. The van der Waals surface area contributed by atoms with Gasteiger partial charge >= 0.3 is 0 Å². The Kier molecular flexibility index (Phi) is 4.98. The molecule has 6 rings (SSSR count). The molecule has 0 aliphatic heterocycles. The molecule has 0 heterocycles. The van der Waals surface area contributed by atoms with Crippen molar-refractivity contribution in [3.05, 3.63) is 156 Å². The third-order valence-corrected chi connectivity index (χ3v) is 6.74. The van der Waals surface area contributed by atoms with Gasteiger partial charge in [0, 0.05) is 5.56 Å². The molecule has 0 saturated heterocycles. The Morgan fingerprint density at radius 1 is 0.441 bits per heavy atom. The van der Waals surface area contributed by atoms with E-state index in [1.807, 2.05) is 60.7 Å². The molecular weight excluding hydrogens is 412 g/mol. The molecular formula is C33H24O. The second-order valence-corrected chi connectivity index (χ2v) is 8.71. The molecule has 0 atom stereocenters. The highest BCUT2D eigenvalue weighted by molar-refractivity contribution is 6.01. The van der Waals surface area contributed by atoms with E-state index in [1.165, 1.54) is 10.8 Å². The summed E-state index contributed by atoms with van der Waals surface area (Å²) in [7, 11) is 0. The molecule has 0 aliphatic carbocycles. The fourth-order valence-corrected chi connectivity index (χ4v) is 5.07. The van der Waals surface area contributed by atoms with Gasteiger partial charge in [-0.15, -0.1) is 0 Å². The molecule has 0 aliphatic rings. The van der Waals surface area contributed by atoms with Gasteiger partial charge in [-0.3, -0.25) is 0 Å². The first kappa shape index (κ1) is 20.4. The van der Waals surface area contributed by atoms with Crippen molar-refractivity contribution < 1.29 is 5.11 Å². The summed E-state index contributed by atoms with van der Waals surface area (Å²) in [5, 5.41) is 17.3. The summed E-state index contributed by atoms with van der Waals surface area (Å²) in [6, 6.07) is 47.5. The molecule has 0 fully saturated rings. The Labute approximate surface area is 199 Å². The van der Waals surface area contributed by atoms with Gasteiger partial charge < -0.3 is 5.11 Å². The Hall–Kier alpha value is -4.20. The molecule has 6 aromatic carbocycles. The zero-order chi connectivity index (χ0) is 23.0. The third-order valence-electron chi connectivity index (χ3n) is 6.74. The van der Waals surface area contributed by atoms with Gasteiger partial charge in [0.15, 0.2) is 0 Å². The summed E-state index contributed by atoms with van der Waals surface area (Å²) in [4.78, 5) is 0. The van der Waals surface area contributed by atoms with Crippen LogP contribution in [-0.4, -0.2) is 5.11 Å². The Balaban J connectivity index is 1.73.